The first-order chi connectivity index (χ1) is 9.61. The summed E-state index contributed by atoms with van der Waals surface area (Å²) in [5.74, 6) is 0.881. The molecule has 0 N–H and O–H groups in total. The van der Waals surface area contributed by atoms with Gasteiger partial charge in [-0.3, -0.25) is 0 Å². The molecular formula is C17H18O3. The van der Waals surface area contributed by atoms with Crippen molar-refractivity contribution in [2.75, 3.05) is 6.61 Å². The van der Waals surface area contributed by atoms with Crippen LogP contribution in [0.15, 0.2) is 42.5 Å². The molecule has 3 nitrogen and oxygen atoms in total. The van der Waals surface area contributed by atoms with Gasteiger partial charge in [0.25, 0.3) is 0 Å². The van der Waals surface area contributed by atoms with E-state index >= 15 is 0 Å². The summed E-state index contributed by atoms with van der Waals surface area (Å²) < 4.78 is 10.9. The van der Waals surface area contributed by atoms with Crippen LogP contribution in [-0.2, 0) is 4.74 Å². The third-order valence-electron chi connectivity index (χ3n) is 2.89. The molecule has 0 bridgehead atoms. The van der Waals surface area contributed by atoms with Crippen LogP contribution in [0, 0.1) is 13.8 Å². The minimum Gasteiger partial charge on any atom is -0.462 e. The molecule has 0 spiro atoms. The van der Waals surface area contributed by atoms with Gasteiger partial charge >= 0.3 is 5.97 Å². The number of benzene rings is 2. The number of hydrogen-bond donors (Lipinski definition) is 0. The largest absolute Gasteiger partial charge is 0.462 e. The number of carbonyl (C=O) groups is 1. The molecule has 20 heavy (non-hydrogen) atoms. The summed E-state index contributed by atoms with van der Waals surface area (Å²) in [6.45, 7) is 5.99. The summed E-state index contributed by atoms with van der Waals surface area (Å²) in [7, 11) is 0. The first-order valence-electron chi connectivity index (χ1n) is 6.63. The van der Waals surface area contributed by atoms with Gasteiger partial charge in [-0.15, -0.1) is 0 Å². The Labute approximate surface area is 119 Å². The van der Waals surface area contributed by atoms with Crippen LogP contribution in [0.5, 0.6) is 11.5 Å². The van der Waals surface area contributed by atoms with Crippen molar-refractivity contribution in [3.8, 4) is 11.5 Å². The first-order valence-corrected chi connectivity index (χ1v) is 6.63. The Balaban J connectivity index is 2.42. The standard InChI is InChI=1S/C17H18O3/c1-4-19-17(18)16-13(3)10-12(2)11-15(16)20-14-8-6-5-7-9-14/h5-11H,4H2,1-3H3. The van der Waals surface area contributed by atoms with Gasteiger partial charge in [0.05, 0.1) is 6.61 Å². The van der Waals surface area contributed by atoms with Gasteiger partial charge in [0.1, 0.15) is 17.1 Å². The zero-order chi connectivity index (χ0) is 14.5. The predicted molar refractivity (Wildman–Crippen MR) is 78.4 cm³/mol. The number of esters is 1. The lowest BCUT2D eigenvalue weighted by molar-refractivity contribution is 0.0522. The Morgan fingerprint density at radius 1 is 1.10 bits per heavy atom. The minimum atomic E-state index is -0.351. The van der Waals surface area contributed by atoms with Gasteiger partial charge < -0.3 is 9.47 Å². The summed E-state index contributed by atoms with van der Waals surface area (Å²) in [4.78, 5) is 12.1. The SMILES string of the molecule is CCOC(=O)c1c(C)cc(C)cc1Oc1ccccc1. The Morgan fingerprint density at radius 2 is 1.80 bits per heavy atom. The summed E-state index contributed by atoms with van der Waals surface area (Å²) in [5.41, 5.74) is 2.39. The van der Waals surface area contributed by atoms with E-state index in [1.165, 1.54) is 0 Å². The zero-order valence-electron chi connectivity index (χ0n) is 12.0. The molecule has 3 heteroatoms. The molecule has 0 saturated carbocycles. The van der Waals surface area contributed by atoms with E-state index in [0.717, 1.165) is 11.1 Å². The molecule has 0 saturated heterocycles. The summed E-state index contributed by atoms with van der Waals surface area (Å²) in [5, 5.41) is 0. The number of para-hydroxylation sites is 1. The van der Waals surface area contributed by atoms with Crippen molar-refractivity contribution in [1.29, 1.82) is 0 Å². The van der Waals surface area contributed by atoms with Gasteiger partial charge in [-0.25, -0.2) is 4.79 Å². The third-order valence-corrected chi connectivity index (χ3v) is 2.89. The highest BCUT2D eigenvalue weighted by atomic mass is 16.5. The molecule has 0 fully saturated rings. The molecule has 0 atom stereocenters. The predicted octanol–water partition coefficient (Wildman–Crippen LogP) is 4.27. The Bertz CT molecular complexity index is 603. The second kappa shape index (κ2) is 6.24. The Hall–Kier alpha value is -2.29. The van der Waals surface area contributed by atoms with Crippen molar-refractivity contribution in [2.24, 2.45) is 0 Å². The van der Waals surface area contributed by atoms with E-state index in [4.69, 9.17) is 9.47 Å². The quantitative estimate of drug-likeness (QED) is 0.778. The van der Waals surface area contributed by atoms with Crippen LogP contribution in [-0.4, -0.2) is 12.6 Å². The van der Waals surface area contributed by atoms with Crippen molar-refractivity contribution < 1.29 is 14.3 Å². The van der Waals surface area contributed by atoms with E-state index in [0.29, 0.717) is 23.7 Å². The molecule has 0 heterocycles. The first kappa shape index (κ1) is 14.1. The number of hydrogen-bond acceptors (Lipinski definition) is 3. The Kier molecular flexibility index (Phi) is 4.41. The molecule has 0 aliphatic carbocycles. The topological polar surface area (TPSA) is 35.5 Å². The normalized spacial score (nSPS) is 10.2. The third kappa shape index (κ3) is 3.18. The molecule has 0 amide bonds. The second-order valence-corrected chi connectivity index (χ2v) is 4.59. The smallest absolute Gasteiger partial charge is 0.342 e. The fourth-order valence-electron chi connectivity index (χ4n) is 2.09. The summed E-state index contributed by atoms with van der Waals surface area (Å²) in [6.07, 6.45) is 0. The van der Waals surface area contributed by atoms with Crippen LogP contribution in [0.4, 0.5) is 0 Å². The van der Waals surface area contributed by atoms with Crippen molar-refractivity contribution in [1.82, 2.24) is 0 Å². The van der Waals surface area contributed by atoms with Crippen LogP contribution < -0.4 is 4.74 Å². The maximum atomic E-state index is 12.1. The Morgan fingerprint density at radius 3 is 2.45 bits per heavy atom. The van der Waals surface area contributed by atoms with E-state index in [-0.39, 0.29) is 5.97 Å². The van der Waals surface area contributed by atoms with Gasteiger partial charge in [0.2, 0.25) is 0 Å². The van der Waals surface area contributed by atoms with Crippen LogP contribution in [0.2, 0.25) is 0 Å². The van der Waals surface area contributed by atoms with E-state index < -0.39 is 0 Å². The van der Waals surface area contributed by atoms with Crippen molar-refractivity contribution in [3.63, 3.8) is 0 Å². The molecule has 0 radical (unpaired) electrons. The molecule has 2 aromatic carbocycles. The molecule has 104 valence electrons. The van der Waals surface area contributed by atoms with Crippen LogP contribution in [0.3, 0.4) is 0 Å². The molecule has 0 aliphatic rings. The fourth-order valence-corrected chi connectivity index (χ4v) is 2.09. The van der Waals surface area contributed by atoms with Gasteiger partial charge in [-0.2, -0.15) is 0 Å². The number of aryl methyl sites for hydroxylation is 2. The van der Waals surface area contributed by atoms with Crippen LogP contribution in [0.1, 0.15) is 28.4 Å². The molecule has 0 aliphatic heterocycles. The highest BCUT2D eigenvalue weighted by molar-refractivity contribution is 5.94. The summed E-state index contributed by atoms with van der Waals surface area (Å²) in [6, 6.07) is 13.2. The van der Waals surface area contributed by atoms with E-state index in [9.17, 15) is 4.79 Å². The molecule has 2 rings (SSSR count). The average molecular weight is 270 g/mol. The highest BCUT2D eigenvalue weighted by Crippen LogP contribution is 2.29. The molecule has 0 aromatic heterocycles. The van der Waals surface area contributed by atoms with Crippen LogP contribution >= 0.6 is 0 Å². The number of carbonyl (C=O) groups excluding carboxylic acids is 1. The second-order valence-electron chi connectivity index (χ2n) is 4.59. The summed E-state index contributed by atoms with van der Waals surface area (Å²) >= 11 is 0. The lowest BCUT2D eigenvalue weighted by Gasteiger charge is -2.14. The fraction of sp³-hybridized carbons (Fsp3) is 0.235. The van der Waals surface area contributed by atoms with Gasteiger partial charge in [0.15, 0.2) is 0 Å². The number of rotatable bonds is 4. The lowest BCUT2D eigenvalue weighted by atomic mass is 10.0. The van der Waals surface area contributed by atoms with Gasteiger partial charge in [-0.1, -0.05) is 24.3 Å². The van der Waals surface area contributed by atoms with Gasteiger partial charge in [0, 0.05) is 0 Å². The average Bonchev–Trinajstić information content (AvgIpc) is 2.39. The molecule has 2 aromatic rings. The number of ether oxygens (including phenoxy) is 2. The van der Waals surface area contributed by atoms with E-state index in [1.54, 1.807) is 6.92 Å². The van der Waals surface area contributed by atoms with E-state index in [2.05, 4.69) is 0 Å². The van der Waals surface area contributed by atoms with Crippen LogP contribution in [0.25, 0.3) is 0 Å². The van der Waals surface area contributed by atoms with Crippen molar-refractivity contribution in [3.05, 3.63) is 59.2 Å². The maximum Gasteiger partial charge on any atom is 0.342 e. The minimum absolute atomic E-state index is 0.344. The van der Waals surface area contributed by atoms with Gasteiger partial charge in [-0.05, 0) is 50.1 Å². The molecular weight excluding hydrogens is 252 g/mol. The highest BCUT2D eigenvalue weighted by Gasteiger charge is 2.18. The lowest BCUT2D eigenvalue weighted by Crippen LogP contribution is -2.09. The monoisotopic (exact) mass is 270 g/mol. The van der Waals surface area contributed by atoms with Crippen molar-refractivity contribution >= 4 is 5.97 Å². The maximum absolute atomic E-state index is 12.1. The molecule has 0 unspecified atom stereocenters. The van der Waals surface area contributed by atoms with E-state index in [1.807, 2.05) is 56.3 Å². The van der Waals surface area contributed by atoms with Crippen molar-refractivity contribution in [2.45, 2.75) is 20.8 Å². The zero-order valence-corrected chi connectivity index (χ0v) is 12.0.